The number of H-pyrrole nitrogens is 1. The van der Waals surface area contributed by atoms with Crippen LogP contribution in [0.25, 0.3) is 11.0 Å². The van der Waals surface area contributed by atoms with Crippen LogP contribution in [0, 0.1) is 35.3 Å². The molecule has 4 heteroatoms. The Morgan fingerprint density at radius 3 is 2.55 bits per heavy atom. The first-order chi connectivity index (χ1) is 9.63. The molecule has 1 N–H and O–H groups in total. The summed E-state index contributed by atoms with van der Waals surface area (Å²) in [5.74, 6) is 2.40. The van der Waals surface area contributed by atoms with Gasteiger partial charge < -0.3 is 9.55 Å². The Bertz CT molecular complexity index is 710. The van der Waals surface area contributed by atoms with Crippen molar-refractivity contribution >= 4 is 23.3 Å². The number of fused-ring (bicyclic) bond motifs is 1. The van der Waals surface area contributed by atoms with Gasteiger partial charge in [0, 0.05) is 6.54 Å². The van der Waals surface area contributed by atoms with E-state index in [9.17, 15) is 4.39 Å². The fourth-order valence-electron chi connectivity index (χ4n) is 3.41. The highest BCUT2D eigenvalue weighted by atomic mass is 32.1. The van der Waals surface area contributed by atoms with Gasteiger partial charge >= 0.3 is 0 Å². The number of hydrogen-bond acceptors (Lipinski definition) is 1. The molecule has 0 bridgehead atoms. The van der Waals surface area contributed by atoms with Crippen LogP contribution in [-0.2, 0) is 6.54 Å². The monoisotopic (exact) mass is 290 g/mol. The van der Waals surface area contributed by atoms with E-state index in [1.807, 2.05) is 13.0 Å². The van der Waals surface area contributed by atoms with Gasteiger partial charge in [0.05, 0.1) is 11.0 Å². The van der Waals surface area contributed by atoms with Crippen molar-refractivity contribution in [3.63, 3.8) is 0 Å². The van der Waals surface area contributed by atoms with Crippen molar-refractivity contribution in [2.24, 2.45) is 17.8 Å². The van der Waals surface area contributed by atoms with E-state index in [1.165, 1.54) is 25.7 Å². The van der Waals surface area contributed by atoms with Crippen LogP contribution < -0.4 is 0 Å². The zero-order valence-electron chi connectivity index (χ0n) is 11.7. The molecule has 1 aromatic heterocycles. The third-order valence-electron chi connectivity index (χ3n) is 4.90. The Kier molecular flexibility index (Phi) is 2.78. The van der Waals surface area contributed by atoms with Crippen molar-refractivity contribution in [2.75, 3.05) is 0 Å². The Balaban J connectivity index is 1.76. The summed E-state index contributed by atoms with van der Waals surface area (Å²) in [6.45, 7) is 2.81. The highest BCUT2D eigenvalue weighted by Gasteiger charge is 2.41. The van der Waals surface area contributed by atoms with E-state index in [0.29, 0.717) is 5.56 Å². The summed E-state index contributed by atoms with van der Waals surface area (Å²) in [7, 11) is 0. The largest absolute Gasteiger partial charge is 0.330 e. The molecule has 0 amide bonds. The molecule has 2 saturated carbocycles. The van der Waals surface area contributed by atoms with E-state index in [-0.39, 0.29) is 5.82 Å². The van der Waals surface area contributed by atoms with Gasteiger partial charge in [-0.3, -0.25) is 0 Å². The van der Waals surface area contributed by atoms with Gasteiger partial charge in [-0.15, -0.1) is 0 Å². The van der Waals surface area contributed by atoms with E-state index in [4.69, 9.17) is 12.2 Å². The Hall–Kier alpha value is -1.16. The van der Waals surface area contributed by atoms with Crippen LogP contribution in [0.2, 0.25) is 0 Å². The first kappa shape index (κ1) is 12.6. The molecule has 0 radical (unpaired) electrons. The van der Waals surface area contributed by atoms with Crippen molar-refractivity contribution in [2.45, 2.75) is 39.2 Å². The molecule has 1 heterocycles. The fourth-order valence-corrected chi connectivity index (χ4v) is 3.69. The summed E-state index contributed by atoms with van der Waals surface area (Å²) in [6.07, 6.45) is 5.52. The van der Waals surface area contributed by atoms with E-state index >= 15 is 0 Å². The first-order valence-electron chi connectivity index (χ1n) is 7.52. The molecule has 2 fully saturated rings. The van der Waals surface area contributed by atoms with Crippen LogP contribution in [0.5, 0.6) is 0 Å². The Morgan fingerprint density at radius 1 is 1.30 bits per heavy atom. The van der Waals surface area contributed by atoms with Gasteiger partial charge in [-0.05, 0) is 80.3 Å². The molecule has 2 aliphatic rings. The molecule has 0 aliphatic heterocycles. The second-order valence-corrected chi connectivity index (χ2v) is 6.88. The molecule has 0 spiro atoms. The maximum absolute atomic E-state index is 13.7. The highest BCUT2D eigenvalue weighted by Crippen LogP contribution is 2.50. The average Bonchev–Trinajstić information content (AvgIpc) is 3.28. The number of halogens is 1. The molecule has 20 heavy (non-hydrogen) atoms. The molecule has 4 rings (SSSR count). The minimum Gasteiger partial charge on any atom is -0.330 e. The quantitative estimate of drug-likeness (QED) is 0.817. The fraction of sp³-hybridized carbons (Fsp3) is 0.562. The van der Waals surface area contributed by atoms with Crippen LogP contribution in [-0.4, -0.2) is 9.55 Å². The third kappa shape index (κ3) is 2.10. The Morgan fingerprint density at radius 2 is 1.95 bits per heavy atom. The number of benzene rings is 1. The topological polar surface area (TPSA) is 20.7 Å². The molecule has 0 unspecified atom stereocenters. The SMILES string of the molecule is Cc1cc2c(cc1F)[nH]c(=S)n2CC(C1CC1)C1CC1. The lowest BCUT2D eigenvalue weighted by molar-refractivity contribution is 0.351. The number of nitrogens with zero attached hydrogens (tertiary/aromatic N) is 1. The zero-order chi connectivity index (χ0) is 13.9. The minimum atomic E-state index is -0.165. The lowest BCUT2D eigenvalue weighted by Gasteiger charge is -2.17. The minimum absolute atomic E-state index is 0.165. The van der Waals surface area contributed by atoms with Crippen molar-refractivity contribution in [3.8, 4) is 0 Å². The number of imidazole rings is 1. The second kappa shape index (κ2) is 4.42. The molecular weight excluding hydrogens is 271 g/mol. The number of aromatic amines is 1. The normalized spacial score (nSPS) is 19.1. The van der Waals surface area contributed by atoms with E-state index in [1.54, 1.807) is 6.07 Å². The van der Waals surface area contributed by atoms with Crippen molar-refractivity contribution in [1.82, 2.24) is 9.55 Å². The van der Waals surface area contributed by atoms with Gasteiger partial charge in [0.15, 0.2) is 4.77 Å². The van der Waals surface area contributed by atoms with Crippen LogP contribution >= 0.6 is 12.2 Å². The molecule has 2 nitrogen and oxygen atoms in total. The predicted octanol–water partition coefficient (Wildman–Crippen LogP) is 4.58. The highest BCUT2D eigenvalue weighted by molar-refractivity contribution is 7.71. The summed E-state index contributed by atoms with van der Waals surface area (Å²) in [6, 6.07) is 3.49. The molecule has 0 saturated heterocycles. The van der Waals surface area contributed by atoms with Gasteiger partial charge in [0.2, 0.25) is 0 Å². The zero-order valence-corrected chi connectivity index (χ0v) is 12.5. The van der Waals surface area contributed by atoms with E-state index < -0.39 is 0 Å². The van der Waals surface area contributed by atoms with Crippen LogP contribution in [0.15, 0.2) is 12.1 Å². The second-order valence-electron chi connectivity index (χ2n) is 6.50. The van der Waals surface area contributed by atoms with Crippen molar-refractivity contribution in [3.05, 3.63) is 28.3 Å². The Labute approximate surface area is 123 Å². The van der Waals surface area contributed by atoms with Gasteiger partial charge in [-0.25, -0.2) is 4.39 Å². The lowest BCUT2D eigenvalue weighted by atomic mass is 9.98. The van der Waals surface area contributed by atoms with Gasteiger partial charge in [-0.2, -0.15) is 0 Å². The van der Waals surface area contributed by atoms with Crippen LogP contribution in [0.1, 0.15) is 31.2 Å². The van der Waals surface area contributed by atoms with Crippen LogP contribution in [0.3, 0.4) is 0 Å². The van der Waals surface area contributed by atoms with Crippen molar-refractivity contribution < 1.29 is 4.39 Å². The number of hydrogen-bond donors (Lipinski definition) is 1. The maximum Gasteiger partial charge on any atom is 0.178 e. The molecule has 0 atom stereocenters. The summed E-state index contributed by atoms with van der Waals surface area (Å²) in [5.41, 5.74) is 2.57. The summed E-state index contributed by atoms with van der Waals surface area (Å²) >= 11 is 5.46. The average molecular weight is 290 g/mol. The maximum atomic E-state index is 13.7. The van der Waals surface area contributed by atoms with Gasteiger partial charge in [0.25, 0.3) is 0 Å². The molecule has 106 valence electrons. The summed E-state index contributed by atoms with van der Waals surface area (Å²) in [5, 5.41) is 0. The molecule has 2 aliphatic carbocycles. The van der Waals surface area contributed by atoms with E-state index in [2.05, 4.69) is 9.55 Å². The lowest BCUT2D eigenvalue weighted by Crippen LogP contribution is -2.15. The molecule has 2 aromatic rings. The smallest absolute Gasteiger partial charge is 0.178 e. The number of aryl methyl sites for hydroxylation is 1. The van der Waals surface area contributed by atoms with Crippen molar-refractivity contribution in [1.29, 1.82) is 0 Å². The number of nitrogens with one attached hydrogen (secondary N) is 1. The van der Waals surface area contributed by atoms with E-state index in [0.717, 1.165) is 40.1 Å². The summed E-state index contributed by atoms with van der Waals surface area (Å²) < 4.78 is 16.6. The summed E-state index contributed by atoms with van der Waals surface area (Å²) in [4.78, 5) is 3.16. The van der Waals surface area contributed by atoms with Crippen LogP contribution in [0.4, 0.5) is 4.39 Å². The first-order valence-corrected chi connectivity index (χ1v) is 7.93. The molecular formula is C16H19FN2S. The van der Waals surface area contributed by atoms with Gasteiger partial charge in [0.1, 0.15) is 5.82 Å². The van der Waals surface area contributed by atoms with Gasteiger partial charge in [-0.1, -0.05) is 0 Å². The third-order valence-corrected chi connectivity index (χ3v) is 5.23. The number of aromatic nitrogens is 2. The molecule has 1 aromatic carbocycles. The predicted molar refractivity (Wildman–Crippen MR) is 80.8 cm³/mol. The number of rotatable bonds is 4. The standard InChI is InChI=1S/C16H19FN2S/c1-9-6-15-14(7-13(9)17)18-16(20)19(15)8-12(10-2-3-10)11-4-5-11/h6-7,10-12H,2-5,8H2,1H3,(H,18,20).